The van der Waals surface area contributed by atoms with Gasteiger partial charge in [0.25, 0.3) is 0 Å². The van der Waals surface area contributed by atoms with Crippen LogP contribution in [-0.4, -0.2) is 30.9 Å². The topological polar surface area (TPSA) is 108 Å². The van der Waals surface area contributed by atoms with Crippen LogP contribution >= 0.6 is 11.3 Å². The Balaban J connectivity index is 1.80. The van der Waals surface area contributed by atoms with E-state index in [1.807, 2.05) is 36.4 Å². The Bertz CT molecular complexity index is 885. The summed E-state index contributed by atoms with van der Waals surface area (Å²) in [5, 5.41) is 7.42. The van der Waals surface area contributed by atoms with E-state index in [9.17, 15) is 0 Å². The van der Waals surface area contributed by atoms with Gasteiger partial charge in [-0.15, -0.1) is 11.3 Å². The number of oxime groups is 2. The van der Waals surface area contributed by atoms with Crippen molar-refractivity contribution in [1.82, 2.24) is 4.98 Å². The zero-order chi connectivity index (χ0) is 19.2. The number of aromatic nitrogens is 1. The summed E-state index contributed by atoms with van der Waals surface area (Å²) in [4.78, 5) is 15.9. The minimum absolute atomic E-state index is 0.243. The lowest BCUT2D eigenvalue weighted by Gasteiger charge is -2.02. The molecule has 0 spiro atoms. The molecule has 0 radical (unpaired) electrons. The zero-order valence-electron chi connectivity index (χ0n) is 14.9. The van der Waals surface area contributed by atoms with E-state index >= 15 is 0 Å². The lowest BCUT2D eigenvalue weighted by Crippen LogP contribution is -2.15. The highest BCUT2D eigenvalue weighted by Gasteiger charge is 2.08. The summed E-state index contributed by atoms with van der Waals surface area (Å²) in [7, 11) is 2.91. The van der Waals surface area contributed by atoms with Crippen molar-refractivity contribution in [1.29, 1.82) is 0 Å². The second-order valence-corrected chi connectivity index (χ2v) is 6.58. The first kappa shape index (κ1) is 18.4. The molecule has 4 N–H and O–H groups in total. The highest BCUT2D eigenvalue weighted by molar-refractivity contribution is 7.18. The van der Waals surface area contributed by atoms with Gasteiger partial charge in [0.1, 0.15) is 19.9 Å². The van der Waals surface area contributed by atoms with Gasteiger partial charge < -0.3 is 21.1 Å². The van der Waals surface area contributed by atoms with Crippen LogP contribution < -0.4 is 11.5 Å². The third-order valence-electron chi connectivity index (χ3n) is 3.76. The van der Waals surface area contributed by atoms with Crippen molar-refractivity contribution in [2.45, 2.75) is 0 Å². The summed E-state index contributed by atoms with van der Waals surface area (Å²) in [6, 6.07) is 15.8. The molecule has 8 heteroatoms. The van der Waals surface area contributed by atoms with Crippen molar-refractivity contribution in [2.24, 2.45) is 21.8 Å². The third-order valence-corrected chi connectivity index (χ3v) is 4.94. The van der Waals surface area contributed by atoms with Gasteiger partial charge in [0.05, 0.1) is 0 Å². The van der Waals surface area contributed by atoms with Crippen LogP contribution in [0.1, 0.15) is 11.3 Å². The lowest BCUT2D eigenvalue weighted by molar-refractivity contribution is 0.213. The van der Waals surface area contributed by atoms with E-state index in [2.05, 4.69) is 32.3 Å². The second kappa shape index (κ2) is 8.33. The van der Waals surface area contributed by atoms with Gasteiger partial charge in [0.2, 0.25) is 0 Å². The van der Waals surface area contributed by atoms with Crippen molar-refractivity contribution < 1.29 is 9.68 Å². The van der Waals surface area contributed by atoms with Crippen LogP contribution in [0.3, 0.4) is 0 Å². The number of rotatable bonds is 6. The molecule has 0 saturated heterocycles. The van der Waals surface area contributed by atoms with E-state index in [0.717, 1.165) is 26.4 Å². The molecular weight excluding hydrogens is 362 g/mol. The molecule has 0 amide bonds. The first-order valence-corrected chi connectivity index (χ1v) is 8.84. The highest BCUT2D eigenvalue weighted by atomic mass is 32.1. The summed E-state index contributed by atoms with van der Waals surface area (Å²) in [5.41, 5.74) is 15.1. The summed E-state index contributed by atoms with van der Waals surface area (Å²) >= 11 is 1.68. The molecule has 0 saturated carbocycles. The largest absolute Gasteiger partial charge is 0.397 e. The van der Waals surface area contributed by atoms with Crippen molar-refractivity contribution in [3.8, 4) is 20.9 Å². The number of thiophene rings is 1. The van der Waals surface area contributed by atoms with Crippen molar-refractivity contribution in [2.75, 3.05) is 14.2 Å². The van der Waals surface area contributed by atoms with Crippen LogP contribution in [0.5, 0.6) is 0 Å². The highest BCUT2D eigenvalue weighted by Crippen LogP contribution is 2.34. The minimum Gasteiger partial charge on any atom is -0.397 e. The minimum atomic E-state index is 0.243. The Morgan fingerprint density at radius 2 is 1.41 bits per heavy atom. The molecule has 0 aliphatic heterocycles. The van der Waals surface area contributed by atoms with Crippen molar-refractivity contribution in [3.63, 3.8) is 0 Å². The zero-order valence-corrected chi connectivity index (χ0v) is 15.7. The molecule has 2 heterocycles. The molecular formula is C19H19N5O2S. The van der Waals surface area contributed by atoms with E-state index in [4.69, 9.17) is 16.3 Å². The van der Waals surface area contributed by atoms with E-state index in [1.165, 1.54) is 14.2 Å². The van der Waals surface area contributed by atoms with Gasteiger partial charge in [-0.25, -0.2) is 0 Å². The van der Waals surface area contributed by atoms with Crippen LogP contribution in [0.25, 0.3) is 20.9 Å². The summed E-state index contributed by atoms with van der Waals surface area (Å²) in [6.45, 7) is 0. The SMILES string of the molecule is CO/N=C(\N)c1ccc(-c2ccc(-c3ccc(/C(N)=N/OC)nc3)s2)cc1. The number of nitrogens with two attached hydrogens (primary N) is 2. The molecule has 3 aromatic rings. The maximum atomic E-state index is 5.82. The molecule has 27 heavy (non-hydrogen) atoms. The van der Waals surface area contributed by atoms with Crippen LogP contribution in [0.2, 0.25) is 0 Å². The van der Waals surface area contributed by atoms with Crippen molar-refractivity contribution >= 4 is 23.0 Å². The average Bonchev–Trinajstić information content (AvgIpc) is 3.19. The van der Waals surface area contributed by atoms with Crippen LogP contribution in [-0.2, 0) is 9.68 Å². The van der Waals surface area contributed by atoms with Gasteiger partial charge in [-0.1, -0.05) is 34.6 Å². The Hall–Kier alpha value is -3.39. The molecule has 0 aliphatic carbocycles. The predicted octanol–water partition coefficient (Wildman–Crippen LogP) is 3.01. The first-order valence-electron chi connectivity index (χ1n) is 8.03. The van der Waals surface area contributed by atoms with Crippen LogP contribution in [0.15, 0.2) is 65.0 Å². The van der Waals surface area contributed by atoms with Gasteiger partial charge in [0.15, 0.2) is 11.7 Å². The molecule has 138 valence electrons. The Morgan fingerprint density at radius 3 is 2.00 bits per heavy atom. The number of amidine groups is 2. The standard InChI is InChI=1S/C19H19N5O2S/c1-25-23-18(20)13-5-3-12(4-6-13)16-9-10-17(27-16)14-7-8-15(22-11-14)19(21)24-26-2/h3-11H,1-2H3,(H2,20,23)(H2,21,24). The quantitative estimate of drug-likeness (QED) is 0.388. The number of nitrogens with zero attached hydrogens (tertiary/aromatic N) is 3. The Labute approximate surface area is 160 Å². The lowest BCUT2D eigenvalue weighted by atomic mass is 10.1. The molecule has 2 aromatic heterocycles. The van der Waals surface area contributed by atoms with Gasteiger partial charge >= 0.3 is 0 Å². The predicted molar refractivity (Wildman–Crippen MR) is 108 cm³/mol. The third kappa shape index (κ3) is 4.24. The first-order chi connectivity index (χ1) is 13.1. The van der Waals surface area contributed by atoms with E-state index < -0.39 is 0 Å². The Kier molecular flexibility index (Phi) is 5.68. The number of hydrogen-bond donors (Lipinski definition) is 2. The van der Waals surface area contributed by atoms with E-state index in [0.29, 0.717) is 11.5 Å². The molecule has 3 rings (SSSR count). The smallest absolute Gasteiger partial charge is 0.188 e. The van der Waals surface area contributed by atoms with Gasteiger partial charge in [-0.05, 0) is 29.8 Å². The van der Waals surface area contributed by atoms with Crippen LogP contribution in [0.4, 0.5) is 0 Å². The average molecular weight is 381 g/mol. The fraction of sp³-hybridized carbons (Fsp3) is 0.105. The summed E-state index contributed by atoms with van der Waals surface area (Å²) in [5.74, 6) is 0.589. The van der Waals surface area contributed by atoms with Gasteiger partial charge in [-0.3, -0.25) is 4.98 Å². The molecule has 0 aliphatic rings. The fourth-order valence-corrected chi connectivity index (χ4v) is 3.44. The molecule has 0 bridgehead atoms. The summed E-state index contributed by atoms with van der Waals surface area (Å²) < 4.78 is 0. The maximum absolute atomic E-state index is 5.82. The van der Waals surface area contributed by atoms with Gasteiger partial charge in [0, 0.05) is 27.1 Å². The summed E-state index contributed by atoms with van der Waals surface area (Å²) in [6.07, 6.45) is 1.77. The molecule has 0 fully saturated rings. The number of pyridine rings is 1. The molecule has 0 unspecified atom stereocenters. The number of benzene rings is 1. The second-order valence-electron chi connectivity index (χ2n) is 5.49. The van der Waals surface area contributed by atoms with Crippen LogP contribution in [0, 0.1) is 0 Å². The number of hydrogen-bond acceptors (Lipinski definition) is 6. The van der Waals surface area contributed by atoms with E-state index in [-0.39, 0.29) is 5.84 Å². The maximum Gasteiger partial charge on any atom is 0.188 e. The monoisotopic (exact) mass is 381 g/mol. The normalized spacial score (nSPS) is 12.1. The van der Waals surface area contributed by atoms with Gasteiger partial charge in [-0.2, -0.15) is 0 Å². The molecule has 0 atom stereocenters. The Morgan fingerprint density at radius 1 is 0.815 bits per heavy atom. The van der Waals surface area contributed by atoms with Crippen molar-refractivity contribution in [3.05, 3.63) is 66.0 Å². The molecule has 7 nitrogen and oxygen atoms in total. The van der Waals surface area contributed by atoms with E-state index in [1.54, 1.807) is 17.5 Å². The molecule has 1 aromatic carbocycles. The fourth-order valence-electron chi connectivity index (χ4n) is 2.44.